The molecule has 0 unspecified atom stereocenters. The Hall–Kier alpha value is -3.26. The van der Waals surface area contributed by atoms with Crippen LogP contribution in [0, 0.1) is 5.82 Å². The number of carbonyl (C=O) groups excluding carboxylic acids is 1. The maximum absolute atomic E-state index is 13.1. The molecule has 0 aromatic heterocycles. The van der Waals surface area contributed by atoms with Crippen LogP contribution in [0.15, 0.2) is 63.7 Å². The SMILES string of the molecule is COC(=O)C1=C(O)C(=Cc2cc(OC)cc(OC)c2)SC1=Nc1ccc(F)cc1. The van der Waals surface area contributed by atoms with Gasteiger partial charge in [0.2, 0.25) is 0 Å². The lowest BCUT2D eigenvalue weighted by Gasteiger charge is -2.06. The monoisotopic (exact) mass is 415 g/mol. The number of thioether (sulfide) groups is 1. The minimum absolute atomic E-state index is 0.0528. The van der Waals surface area contributed by atoms with Gasteiger partial charge in [0.15, 0.2) is 0 Å². The fourth-order valence-corrected chi connectivity index (χ4v) is 3.62. The lowest BCUT2D eigenvalue weighted by atomic mass is 10.1. The van der Waals surface area contributed by atoms with Gasteiger partial charge in [-0.3, -0.25) is 0 Å². The van der Waals surface area contributed by atoms with Crippen LogP contribution < -0.4 is 9.47 Å². The van der Waals surface area contributed by atoms with E-state index in [0.29, 0.717) is 27.7 Å². The summed E-state index contributed by atoms with van der Waals surface area (Å²) in [7, 11) is 4.30. The molecule has 0 bridgehead atoms. The van der Waals surface area contributed by atoms with Crippen molar-refractivity contribution in [1.82, 2.24) is 0 Å². The third kappa shape index (κ3) is 4.60. The number of methoxy groups -OCH3 is 3. The lowest BCUT2D eigenvalue weighted by Crippen LogP contribution is -2.10. The Morgan fingerprint density at radius 3 is 2.24 bits per heavy atom. The molecule has 0 radical (unpaired) electrons. The number of hydrogen-bond acceptors (Lipinski definition) is 7. The van der Waals surface area contributed by atoms with Crippen molar-refractivity contribution in [2.75, 3.05) is 21.3 Å². The quantitative estimate of drug-likeness (QED) is 0.717. The fourth-order valence-electron chi connectivity index (χ4n) is 2.59. The maximum Gasteiger partial charge on any atom is 0.344 e. The van der Waals surface area contributed by atoms with Crippen LogP contribution in [0.1, 0.15) is 5.56 Å². The largest absolute Gasteiger partial charge is 0.506 e. The molecular weight excluding hydrogens is 397 g/mol. The second kappa shape index (κ2) is 8.83. The number of aliphatic hydroxyl groups is 1. The average molecular weight is 415 g/mol. The molecule has 0 fully saturated rings. The molecule has 2 aromatic rings. The van der Waals surface area contributed by atoms with E-state index in [1.54, 1.807) is 24.3 Å². The van der Waals surface area contributed by atoms with Crippen LogP contribution in [0.5, 0.6) is 11.5 Å². The smallest absolute Gasteiger partial charge is 0.344 e. The highest BCUT2D eigenvalue weighted by Gasteiger charge is 2.33. The first-order valence-electron chi connectivity index (χ1n) is 8.44. The Bertz CT molecular complexity index is 1010. The topological polar surface area (TPSA) is 77.4 Å². The number of nitrogens with zero attached hydrogens (tertiary/aromatic N) is 1. The summed E-state index contributed by atoms with van der Waals surface area (Å²) in [5, 5.41) is 10.9. The lowest BCUT2D eigenvalue weighted by molar-refractivity contribution is -0.135. The molecule has 0 saturated heterocycles. The number of benzene rings is 2. The van der Waals surface area contributed by atoms with Crippen molar-refractivity contribution in [3.63, 3.8) is 0 Å². The van der Waals surface area contributed by atoms with Gasteiger partial charge in [0, 0.05) is 6.07 Å². The summed E-state index contributed by atoms with van der Waals surface area (Å²) in [5.74, 6) is -0.203. The molecule has 8 heteroatoms. The Morgan fingerprint density at radius 2 is 1.69 bits per heavy atom. The molecular formula is C21H18FNO5S. The van der Waals surface area contributed by atoms with Crippen LogP contribution >= 0.6 is 11.8 Å². The van der Waals surface area contributed by atoms with Crippen molar-refractivity contribution in [3.05, 3.63) is 70.1 Å². The number of ether oxygens (including phenoxy) is 3. The summed E-state index contributed by atoms with van der Waals surface area (Å²) in [6.45, 7) is 0. The molecule has 0 atom stereocenters. The third-order valence-electron chi connectivity index (χ3n) is 4.01. The number of carbonyl (C=O) groups is 1. The molecule has 3 rings (SSSR count). The summed E-state index contributed by atoms with van der Waals surface area (Å²) < 4.78 is 28.4. The number of hydrogen-bond donors (Lipinski definition) is 1. The predicted molar refractivity (Wildman–Crippen MR) is 110 cm³/mol. The second-order valence-corrected chi connectivity index (χ2v) is 6.90. The van der Waals surface area contributed by atoms with E-state index in [1.807, 2.05) is 0 Å². The highest BCUT2D eigenvalue weighted by molar-refractivity contribution is 8.18. The van der Waals surface area contributed by atoms with Crippen LogP contribution in [0.25, 0.3) is 6.08 Å². The van der Waals surface area contributed by atoms with Gasteiger partial charge in [0.25, 0.3) is 0 Å². The van der Waals surface area contributed by atoms with Gasteiger partial charge in [-0.25, -0.2) is 14.2 Å². The molecule has 6 nitrogen and oxygen atoms in total. The number of rotatable bonds is 5. The fraction of sp³-hybridized carbons (Fsp3) is 0.143. The molecule has 1 aliphatic rings. The van der Waals surface area contributed by atoms with Crippen molar-refractivity contribution in [1.29, 1.82) is 0 Å². The van der Waals surface area contributed by atoms with Gasteiger partial charge in [-0.2, -0.15) is 0 Å². The molecule has 1 heterocycles. The van der Waals surface area contributed by atoms with Crippen LogP contribution in [-0.4, -0.2) is 37.4 Å². The van der Waals surface area contributed by atoms with Crippen LogP contribution in [0.4, 0.5) is 10.1 Å². The molecule has 150 valence electrons. The first kappa shape index (κ1) is 20.5. The molecule has 29 heavy (non-hydrogen) atoms. The Balaban J connectivity index is 2.05. The molecule has 1 N–H and O–H groups in total. The van der Waals surface area contributed by atoms with E-state index in [-0.39, 0.29) is 16.4 Å². The van der Waals surface area contributed by atoms with E-state index in [0.717, 1.165) is 11.8 Å². The maximum atomic E-state index is 13.1. The molecule has 0 aliphatic carbocycles. The first-order chi connectivity index (χ1) is 13.9. The highest BCUT2D eigenvalue weighted by Crippen LogP contribution is 2.40. The number of aliphatic imine (C=N–C) groups is 1. The van der Waals surface area contributed by atoms with E-state index in [9.17, 15) is 14.3 Å². The summed E-state index contributed by atoms with van der Waals surface area (Å²) in [6.07, 6.45) is 1.68. The number of halogens is 1. The normalized spacial score (nSPS) is 16.4. The summed E-state index contributed by atoms with van der Waals surface area (Å²) in [6, 6.07) is 10.7. The van der Waals surface area contributed by atoms with Crippen molar-refractivity contribution >= 4 is 34.5 Å². The number of esters is 1. The Kier molecular flexibility index (Phi) is 6.23. The van der Waals surface area contributed by atoms with Gasteiger partial charge in [0.1, 0.15) is 33.7 Å². The zero-order chi connectivity index (χ0) is 21.0. The van der Waals surface area contributed by atoms with Gasteiger partial charge in [-0.15, -0.1) is 0 Å². The second-order valence-electron chi connectivity index (χ2n) is 5.87. The van der Waals surface area contributed by atoms with Gasteiger partial charge in [-0.1, -0.05) is 11.8 Å². The van der Waals surface area contributed by atoms with Crippen LogP contribution in [0.2, 0.25) is 0 Å². The minimum atomic E-state index is -0.720. The predicted octanol–water partition coefficient (Wildman–Crippen LogP) is 4.65. The van der Waals surface area contributed by atoms with Gasteiger partial charge >= 0.3 is 5.97 Å². The minimum Gasteiger partial charge on any atom is -0.506 e. The Morgan fingerprint density at radius 1 is 1.07 bits per heavy atom. The average Bonchev–Trinajstić information content (AvgIpc) is 3.03. The van der Waals surface area contributed by atoms with E-state index < -0.39 is 11.8 Å². The van der Waals surface area contributed by atoms with Crippen molar-refractivity contribution < 1.29 is 28.5 Å². The van der Waals surface area contributed by atoms with E-state index in [2.05, 4.69) is 4.99 Å². The van der Waals surface area contributed by atoms with E-state index in [1.165, 1.54) is 45.6 Å². The molecule has 0 saturated carbocycles. The zero-order valence-corrected chi connectivity index (χ0v) is 16.7. The summed E-state index contributed by atoms with van der Waals surface area (Å²) >= 11 is 1.10. The third-order valence-corrected chi connectivity index (χ3v) is 5.03. The van der Waals surface area contributed by atoms with Crippen LogP contribution in [-0.2, 0) is 9.53 Å². The number of aliphatic hydroxyl groups excluding tert-OH is 1. The summed E-state index contributed by atoms with van der Waals surface area (Å²) in [5.41, 5.74) is 1.08. The van der Waals surface area contributed by atoms with Crippen molar-refractivity contribution in [2.45, 2.75) is 0 Å². The van der Waals surface area contributed by atoms with Crippen LogP contribution in [0.3, 0.4) is 0 Å². The van der Waals surface area contributed by atoms with E-state index in [4.69, 9.17) is 14.2 Å². The molecule has 0 spiro atoms. The summed E-state index contributed by atoms with van der Waals surface area (Å²) in [4.78, 5) is 17.0. The van der Waals surface area contributed by atoms with Gasteiger partial charge < -0.3 is 19.3 Å². The first-order valence-corrected chi connectivity index (χ1v) is 9.26. The van der Waals surface area contributed by atoms with E-state index >= 15 is 0 Å². The van der Waals surface area contributed by atoms with Crippen molar-refractivity contribution in [2.24, 2.45) is 4.99 Å². The molecule has 0 amide bonds. The van der Waals surface area contributed by atoms with Gasteiger partial charge in [-0.05, 0) is 48.0 Å². The van der Waals surface area contributed by atoms with Gasteiger partial charge in [0.05, 0.1) is 31.9 Å². The standard InChI is InChI=1S/C21H18FNO5S/c1-26-15-8-12(9-16(11-15)27-2)10-17-19(24)18(21(25)28-3)20(29-17)23-14-6-4-13(22)5-7-14/h4-11,24H,1-3H3. The molecule has 1 aliphatic heterocycles. The molecule has 2 aromatic carbocycles. The zero-order valence-electron chi connectivity index (χ0n) is 15.9. The van der Waals surface area contributed by atoms with Crippen molar-refractivity contribution in [3.8, 4) is 11.5 Å². The highest BCUT2D eigenvalue weighted by atomic mass is 32.2. The Labute approximate surface area is 171 Å².